The van der Waals surface area contributed by atoms with E-state index in [1.54, 1.807) is 7.11 Å². The van der Waals surface area contributed by atoms with Gasteiger partial charge in [-0.3, -0.25) is 4.79 Å². The molecular formula is C15H22N2O3. The quantitative estimate of drug-likeness (QED) is 0.883. The van der Waals surface area contributed by atoms with E-state index in [9.17, 15) is 4.79 Å². The van der Waals surface area contributed by atoms with Crippen molar-refractivity contribution >= 4 is 5.91 Å². The van der Waals surface area contributed by atoms with Crippen molar-refractivity contribution in [3.05, 3.63) is 29.3 Å². The van der Waals surface area contributed by atoms with Crippen LogP contribution in [0.15, 0.2) is 18.2 Å². The summed E-state index contributed by atoms with van der Waals surface area (Å²) in [5.41, 5.74) is 2.21. The van der Waals surface area contributed by atoms with Crippen LogP contribution < -0.4 is 10.1 Å². The monoisotopic (exact) mass is 278 g/mol. The van der Waals surface area contributed by atoms with Crippen LogP contribution in [0.2, 0.25) is 0 Å². The zero-order valence-corrected chi connectivity index (χ0v) is 12.3. The normalized spacial score (nSPS) is 17.1. The minimum absolute atomic E-state index is 0.0328. The Morgan fingerprint density at radius 2 is 2.30 bits per heavy atom. The van der Waals surface area contributed by atoms with E-state index in [0.717, 1.165) is 11.3 Å². The van der Waals surface area contributed by atoms with Crippen LogP contribution in [-0.2, 0) is 16.1 Å². The third kappa shape index (κ3) is 3.29. The molecule has 0 bridgehead atoms. The summed E-state index contributed by atoms with van der Waals surface area (Å²) >= 11 is 0. The molecular weight excluding hydrogens is 256 g/mol. The highest BCUT2D eigenvalue weighted by molar-refractivity contribution is 5.78. The Bertz CT molecular complexity index is 476. The molecule has 1 N–H and O–H groups in total. The van der Waals surface area contributed by atoms with Crippen molar-refractivity contribution in [1.82, 2.24) is 10.2 Å². The smallest absolute Gasteiger partial charge is 0.248 e. The number of benzene rings is 1. The van der Waals surface area contributed by atoms with Crippen molar-refractivity contribution in [1.29, 1.82) is 0 Å². The molecule has 1 aliphatic heterocycles. The number of hydrogen-bond acceptors (Lipinski definition) is 4. The highest BCUT2D eigenvalue weighted by atomic mass is 16.5. The maximum Gasteiger partial charge on any atom is 0.248 e. The number of carbonyl (C=O) groups excluding carboxylic acids is 1. The van der Waals surface area contributed by atoms with Crippen LogP contribution >= 0.6 is 0 Å². The van der Waals surface area contributed by atoms with Crippen molar-refractivity contribution in [2.45, 2.75) is 19.5 Å². The largest absolute Gasteiger partial charge is 0.496 e. The number of methoxy groups -OCH3 is 1. The van der Waals surface area contributed by atoms with Crippen LogP contribution in [0, 0.1) is 0 Å². The summed E-state index contributed by atoms with van der Waals surface area (Å²) in [7, 11) is 3.58. The average Bonchev–Trinajstić information content (AvgIpc) is 2.48. The van der Waals surface area contributed by atoms with Crippen LogP contribution in [0.3, 0.4) is 0 Å². The lowest BCUT2D eigenvalue weighted by molar-refractivity contribution is -0.143. The number of rotatable bonds is 5. The summed E-state index contributed by atoms with van der Waals surface area (Å²) in [6.45, 7) is 4.07. The van der Waals surface area contributed by atoms with Gasteiger partial charge >= 0.3 is 0 Å². The fraction of sp³-hybridized carbons (Fsp3) is 0.533. The number of hydrogen-bond donors (Lipinski definition) is 1. The Morgan fingerprint density at radius 1 is 1.50 bits per heavy atom. The highest BCUT2D eigenvalue weighted by Crippen LogP contribution is 2.25. The molecule has 1 aromatic carbocycles. The second-order valence-electron chi connectivity index (χ2n) is 4.95. The van der Waals surface area contributed by atoms with Gasteiger partial charge in [0.15, 0.2) is 0 Å². The van der Waals surface area contributed by atoms with Gasteiger partial charge in [0.25, 0.3) is 0 Å². The standard InChI is InChI=1S/C15H22N2O3/c1-11(16-2)12-4-5-14(19-3)13(8-12)9-17-6-7-20-10-15(17)18/h4-5,8,11,16H,6-7,9-10H2,1-3H3. The Kier molecular flexibility index (Phi) is 4.98. The summed E-state index contributed by atoms with van der Waals surface area (Å²) < 4.78 is 10.6. The first-order chi connectivity index (χ1) is 9.65. The molecule has 0 saturated carbocycles. The summed E-state index contributed by atoms with van der Waals surface area (Å²) in [5, 5.41) is 3.22. The van der Waals surface area contributed by atoms with Gasteiger partial charge in [-0.2, -0.15) is 0 Å². The molecule has 1 aliphatic rings. The van der Waals surface area contributed by atoms with E-state index in [1.807, 2.05) is 24.1 Å². The van der Waals surface area contributed by atoms with Gasteiger partial charge in [0, 0.05) is 24.7 Å². The molecule has 0 aliphatic carbocycles. The molecule has 1 aromatic rings. The zero-order chi connectivity index (χ0) is 14.5. The Labute approximate surface area is 119 Å². The molecule has 0 aromatic heterocycles. The fourth-order valence-electron chi connectivity index (χ4n) is 2.28. The van der Waals surface area contributed by atoms with Crippen LogP contribution in [0.5, 0.6) is 5.75 Å². The summed E-state index contributed by atoms with van der Waals surface area (Å²) in [5.74, 6) is 0.849. The van der Waals surface area contributed by atoms with E-state index in [0.29, 0.717) is 19.7 Å². The summed E-state index contributed by atoms with van der Waals surface area (Å²) in [6, 6.07) is 6.37. The van der Waals surface area contributed by atoms with Gasteiger partial charge in [-0.25, -0.2) is 0 Å². The number of nitrogens with zero attached hydrogens (tertiary/aromatic N) is 1. The van der Waals surface area contributed by atoms with Crippen molar-refractivity contribution < 1.29 is 14.3 Å². The zero-order valence-electron chi connectivity index (χ0n) is 12.3. The second-order valence-corrected chi connectivity index (χ2v) is 4.95. The second kappa shape index (κ2) is 6.72. The molecule has 2 rings (SSSR count). The predicted octanol–water partition coefficient (Wildman–Crippen LogP) is 1.33. The van der Waals surface area contributed by atoms with Crippen molar-refractivity contribution in [2.24, 2.45) is 0 Å². The van der Waals surface area contributed by atoms with Gasteiger partial charge in [0.1, 0.15) is 12.4 Å². The fourth-order valence-corrected chi connectivity index (χ4v) is 2.28. The van der Waals surface area contributed by atoms with E-state index in [-0.39, 0.29) is 18.6 Å². The van der Waals surface area contributed by atoms with Crippen molar-refractivity contribution in [2.75, 3.05) is 33.9 Å². The maximum absolute atomic E-state index is 11.8. The summed E-state index contributed by atoms with van der Waals surface area (Å²) in [4.78, 5) is 13.6. The van der Waals surface area contributed by atoms with E-state index in [1.165, 1.54) is 5.56 Å². The molecule has 1 unspecified atom stereocenters. The van der Waals surface area contributed by atoms with Gasteiger partial charge < -0.3 is 19.7 Å². The maximum atomic E-state index is 11.8. The molecule has 0 radical (unpaired) electrons. The van der Waals surface area contributed by atoms with Gasteiger partial charge in [-0.05, 0) is 31.7 Å². The molecule has 5 heteroatoms. The first-order valence-electron chi connectivity index (χ1n) is 6.85. The Hall–Kier alpha value is -1.59. The first-order valence-corrected chi connectivity index (χ1v) is 6.85. The summed E-state index contributed by atoms with van der Waals surface area (Å²) in [6.07, 6.45) is 0. The number of ether oxygens (including phenoxy) is 2. The molecule has 1 fully saturated rings. The Morgan fingerprint density at radius 3 is 2.95 bits per heavy atom. The van der Waals surface area contributed by atoms with Gasteiger partial charge in [-0.15, -0.1) is 0 Å². The molecule has 1 saturated heterocycles. The average molecular weight is 278 g/mol. The van der Waals surface area contributed by atoms with Gasteiger partial charge in [0.05, 0.1) is 13.7 Å². The van der Waals surface area contributed by atoms with Crippen LogP contribution in [0.4, 0.5) is 0 Å². The molecule has 5 nitrogen and oxygen atoms in total. The van der Waals surface area contributed by atoms with Crippen LogP contribution in [0.25, 0.3) is 0 Å². The molecule has 20 heavy (non-hydrogen) atoms. The van der Waals surface area contributed by atoms with Crippen molar-refractivity contribution in [3.8, 4) is 5.75 Å². The third-order valence-electron chi connectivity index (χ3n) is 3.68. The predicted molar refractivity (Wildman–Crippen MR) is 76.7 cm³/mol. The lowest BCUT2D eigenvalue weighted by Gasteiger charge is -2.27. The van der Waals surface area contributed by atoms with E-state index >= 15 is 0 Å². The van der Waals surface area contributed by atoms with Gasteiger partial charge in [0.2, 0.25) is 5.91 Å². The SMILES string of the molecule is CNC(C)c1ccc(OC)c(CN2CCOCC2=O)c1. The lowest BCUT2D eigenvalue weighted by atomic mass is 10.0. The highest BCUT2D eigenvalue weighted by Gasteiger charge is 2.20. The van der Waals surface area contributed by atoms with E-state index in [4.69, 9.17) is 9.47 Å². The topological polar surface area (TPSA) is 50.8 Å². The number of morpholine rings is 1. The molecule has 1 heterocycles. The molecule has 0 spiro atoms. The number of nitrogens with one attached hydrogen (secondary N) is 1. The minimum atomic E-state index is 0.0328. The Balaban J connectivity index is 2.21. The third-order valence-corrected chi connectivity index (χ3v) is 3.68. The minimum Gasteiger partial charge on any atom is -0.496 e. The molecule has 110 valence electrons. The van der Waals surface area contributed by atoms with Crippen LogP contribution in [-0.4, -0.2) is 44.7 Å². The van der Waals surface area contributed by atoms with Gasteiger partial charge in [-0.1, -0.05) is 6.07 Å². The number of amides is 1. The lowest BCUT2D eigenvalue weighted by Crippen LogP contribution is -2.41. The molecule has 1 amide bonds. The van der Waals surface area contributed by atoms with E-state index in [2.05, 4.69) is 18.3 Å². The number of carbonyl (C=O) groups is 1. The first kappa shape index (κ1) is 14.8. The van der Waals surface area contributed by atoms with Crippen molar-refractivity contribution in [3.63, 3.8) is 0 Å². The van der Waals surface area contributed by atoms with Crippen LogP contribution in [0.1, 0.15) is 24.1 Å². The molecule has 1 atom stereocenters. The van der Waals surface area contributed by atoms with E-state index < -0.39 is 0 Å².